The van der Waals surface area contributed by atoms with Crippen molar-refractivity contribution in [3.8, 4) is 0 Å². The van der Waals surface area contributed by atoms with Crippen molar-refractivity contribution < 1.29 is 26.1 Å². The second-order valence-corrected chi connectivity index (χ2v) is 7.11. The van der Waals surface area contributed by atoms with Gasteiger partial charge in [0.05, 0.1) is 11.3 Å². The van der Waals surface area contributed by atoms with Crippen LogP contribution in [0.3, 0.4) is 0 Å². The minimum Gasteiger partial charge on any atom is -0.338 e. The summed E-state index contributed by atoms with van der Waals surface area (Å²) in [7, 11) is -3.93. The molecule has 5 nitrogen and oxygen atoms in total. The summed E-state index contributed by atoms with van der Waals surface area (Å²) in [5.74, 6) is -0.639. The van der Waals surface area contributed by atoms with Crippen molar-refractivity contribution in [1.82, 2.24) is 10.1 Å². The third kappa shape index (κ3) is 3.46. The number of hydrogen-bond donors (Lipinski definition) is 0. The zero-order valence-corrected chi connectivity index (χ0v) is 12.6. The Morgan fingerprint density at radius 3 is 2.45 bits per heavy atom. The van der Waals surface area contributed by atoms with Gasteiger partial charge in [0, 0.05) is 0 Å². The molecule has 0 aliphatic carbocycles. The van der Waals surface area contributed by atoms with E-state index in [0.29, 0.717) is 0 Å². The van der Waals surface area contributed by atoms with E-state index in [-0.39, 0.29) is 17.3 Å². The molecule has 0 saturated carbocycles. The smallest absolute Gasteiger partial charge is 0.338 e. The summed E-state index contributed by atoms with van der Waals surface area (Å²) < 4.78 is 68.1. The van der Waals surface area contributed by atoms with E-state index >= 15 is 0 Å². The largest absolute Gasteiger partial charge is 0.416 e. The third-order valence-corrected chi connectivity index (χ3v) is 5.10. The highest BCUT2D eigenvalue weighted by molar-refractivity contribution is 7.90. The van der Waals surface area contributed by atoms with Gasteiger partial charge < -0.3 is 4.52 Å². The van der Waals surface area contributed by atoms with Gasteiger partial charge >= 0.3 is 6.18 Å². The molecule has 0 bridgehead atoms. The summed E-state index contributed by atoms with van der Waals surface area (Å²) in [5, 5.41) is 2.30. The lowest BCUT2D eigenvalue weighted by Gasteiger charge is -2.14. The molecule has 0 fully saturated rings. The second kappa shape index (κ2) is 5.71. The van der Waals surface area contributed by atoms with Gasteiger partial charge in [0.2, 0.25) is 5.89 Å². The number of alkyl halides is 3. The van der Waals surface area contributed by atoms with E-state index in [2.05, 4.69) is 10.1 Å². The Morgan fingerprint density at radius 2 is 1.91 bits per heavy atom. The number of aromatic nitrogens is 2. The van der Waals surface area contributed by atoms with Gasteiger partial charge in [-0.25, -0.2) is 8.42 Å². The first-order valence-electron chi connectivity index (χ1n) is 6.28. The molecule has 1 unspecified atom stereocenters. The van der Waals surface area contributed by atoms with E-state index < -0.39 is 32.6 Å². The number of nitrogens with zero attached hydrogens (tertiary/aromatic N) is 2. The van der Waals surface area contributed by atoms with Crippen molar-refractivity contribution in [2.24, 2.45) is 0 Å². The molecule has 0 radical (unpaired) electrons. The molecule has 1 aromatic carbocycles. The van der Waals surface area contributed by atoms with Gasteiger partial charge in [-0.3, -0.25) is 0 Å². The molecule has 0 amide bonds. The Balaban J connectivity index is 2.34. The highest BCUT2D eigenvalue weighted by Crippen LogP contribution is 2.34. The predicted octanol–water partition coefficient (Wildman–Crippen LogP) is 3.07. The average molecular weight is 334 g/mol. The number of hydrogen-bond acceptors (Lipinski definition) is 5. The molecule has 22 heavy (non-hydrogen) atoms. The van der Waals surface area contributed by atoms with Crippen LogP contribution in [0.1, 0.15) is 35.0 Å². The van der Waals surface area contributed by atoms with Crippen LogP contribution in [0.2, 0.25) is 0 Å². The van der Waals surface area contributed by atoms with Gasteiger partial charge in [-0.2, -0.15) is 18.2 Å². The minimum absolute atomic E-state index is 0.137. The van der Waals surface area contributed by atoms with E-state index in [0.717, 1.165) is 12.1 Å². The van der Waals surface area contributed by atoms with Gasteiger partial charge in [-0.1, -0.05) is 23.4 Å². The van der Waals surface area contributed by atoms with Crippen LogP contribution in [0, 0.1) is 6.92 Å². The van der Waals surface area contributed by atoms with Crippen molar-refractivity contribution in [2.45, 2.75) is 31.0 Å². The summed E-state index contributed by atoms with van der Waals surface area (Å²) in [6, 6.07) is 4.57. The van der Waals surface area contributed by atoms with Gasteiger partial charge in [0.15, 0.2) is 15.7 Å². The molecule has 1 atom stereocenters. The lowest BCUT2D eigenvalue weighted by atomic mass is 10.1. The van der Waals surface area contributed by atoms with E-state index in [9.17, 15) is 21.6 Å². The van der Waals surface area contributed by atoms with Gasteiger partial charge in [0.1, 0.15) is 5.25 Å². The number of halogens is 3. The molecular formula is C13H13F3N2O3S. The lowest BCUT2D eigenvalue weighted by Crippen LogP contribution is -2.17. The summed E-state index contributed by atoms with van der Waals surface area (Å²) in [5.41, 5.74) is -1.27. The summed E-state index contributed by atoms with van der Waals surface area (Å²) >= 11 is 0. The molecule has 2 aromatic rings. The van der Waals surface area contributed by atoms with E-state index in [1.165, 1.54) is 26.0 Å². The second-order valence-electron chi connectivity index (χ2n) is 4.78. The monoisotopic (exact) mass is 334 g/mol. The molecule has 0 saturated heterocycles. The molecule has 0 aliphatic rings. The van der Waals surface area contributed by atoms with Crippen molar-refractivity contribution >= 4 is 9.84 Å². The van der Waals surface area contributed by atoms with Crippen molar-refractivity contribution in [3.05, 3.63) is 47.1 Å². The van der Waals surface area contributed by atoms with Crippen LogP contribution in [0.15, 0.2) is 28.8 Å². The van der Waals surface area contributed by atoms with Crippen LogP contribution in [0.5, 0.6) is 0 Å². The Bertz CT molecular complexity index is 769. The maximum atomic E-state index is 12.9. The van der Waals surface area contributed by atoms with Crippen LogP contribution < -0.4 is 0 Å². The van der Waals surface area contributed by atoms with E-state index in [1.807, 2.05) is 0 Å². The standard InChI is InChI=1S/C13H13F3N2O3S/c1-8(12-17-9(2)18-21-12)22(19,20)7-10-5-3-4-6-11(10)13(14,15)16/h3-6,8H,7H2,1-2H3. The van der Waals surface area contributed by atoms with Crippen LogP contribution in [0.25, 0.3) is 0 Å². The first-order valence-corrected chi connectivity index (χ1v) is 7.99. The summed E-state index contributed by atoms with van der Waals surface area (Å²) in [4.78, 5) is 3.81. The number of sulfone groups is 1. The van der Waals surface area contributed by atoms with Crippen molar-refractivity contribution in [1.29, 1.82) is 0 Å². The molecule has 2 rings (SSSR count). The van der Waals surface area contributed by atoms with Crippen molar-refractivity contribution in [3.63, 3.8) is 0 Å². The highest BCUT2D eigenvalue weighted by Gasteiger charge is 2.36. The molecule has 9 heteroatoms. The quantitative estimate of drug-likeness (QED) is 0.859. The molecule has 0 spiro atoms. The summed E-state index contributed by atoms with van der Waals surface area (Å²) in [6.45, 7) is 2.82. The zero-order valence-electron chi connectivity index (χ0n) is 11.8. The fraction of sp³-hybridized carbons (Fsp3) is 0.385. The van der Waals surface area contributed by atoms with Crippen LogP contribution in [-0.4, -0.2) is 18.6 Å². The molecule has 120 valence electrons. The SMILES string of the molecule is Cc1noc(C(C)S(=O)(=O)Cc2ccccc2C(F)(F)F)n1. The highest BCUT2D eigenvalue weighted by atomic mass is 32.2. The molecule has 0 N–H and O–H groups in total. The average Bonchev–Trinajstić information content (AvgIpc) is 2.83. The molecular weight excluding hydrogens is 321 g/mol. The van der Waals surface area contributed by atoms with Crippen molar-refractivity contribution in [2.75, 3.05) is 0 Å². The fourth-order valence-corrected chi connectivity index (χ4v) is 3.23. The predicted molar refractivity (Wildman–Crippen MR) is 71.5 cm³/mol. The number of benzene rings is 1. The normalized spacial score (nSPS) is 14.0. The Morgan fingerprint density at radius 1 is 1.27 bits per heavy atom. The zero-order chi connectivity index (χ0) is 16.5. The Labute approximate surface area is 125 Å². The number of rotatable bonds is 4. The van der Waals surface area contributed by atoms with Gasteiger partial charge in [-0.15, -0.1) is 0 Å². The number of aryl methyl sites for hydroxylation is 1. The molecule has 1 heterocycles. The maximum absolute atomic E-state index is 12.9. The Kier molecular flexibility index (Phi) is 4.28. The molecule has 0 aliphatic heterocycles. The third-order valence-electron chi connectivity index (χ3n) is 3.11. The van der Waals surface area contributed by atoms with Crippen LogP contribution >= 0.6 is 0 Å². The van der Waals surface area contributed by atoms with Gasteiger partial charge in [0.25, 0.3) is 0 Å². The van der Waals surface area contributed by atoms with E-state index in [1.54, 1.807) is 0 Å². The topological polar surface area (TPSA) is 73.1 Å². The first-order chi connectivity index (χ1) is 10.1. The fourth-order valence-electron chi connectivity index (χ4n) is 1.90. The Hall–Kier alpha value is -1.90. The van der Waals surface area contributed by atoms with Crippen LogP contribution in [0.4, 0.5) is 13.2 Å². The minimum atomic E-state index is -4.61. The first kappa shape index (κ1) is 16.5. The molecule has 1 aromatic heterocycles. The van der Waals surface area contributed by atoms with E-state index in [4.69, 9.17) is 4.52 Å². The van der Waals surface area contributed by atoms with Crippen LogP contribution in [-0.2, 0) is 21.8 Å². The lowest BCUT2D eigenvalue weighted by molar-refractivity contribution is -0.138. The maximum Gasteiger partial charge on any atom is 0.416 e. The summed E-state index contributed by atoms with van der Waals surface area (Å²) in [6.07, 6.45) is -4.61. The van der Waals surface area contributed by atoms with Gasteiger partial charge in [-0.05, 0) is 25.5 Å².